The molecule has 1 aromatic carbocycles. The Hall–Kier alpha value is -2.04. The molecule has 1 aromatic rings. The van der Waals surface area contributed by atoms with Crippen molar-refractivity contribution < 1.29 is 22.4 Å². The Morgan fingerprint density at radius 3 is 2.29 bits per heavy atom. The van der Waals surface area contributed by atoms with Crippen LogP contribution < -0.4 is 5.32 Å². The van der Waals surface area contributed by atoms with E-state index in [2.05, 4.69) is 5.32 Å². The summed E-state index contributed by atoms with van der Waals surface area (Å²) in [5, 5.41) is 2.76. The van der Waals surface area contributed by atoms with E-state index in [4.69, 9.17) is 0 Å². The number of nitrogens with one attached hydrogen (secondary N) is 1. The molecule has 0 aromatic heterocycles. The summed E-state index contributed by atoms with van der Waals surface area (Å²) in [4.78, 5) is 27.4. The Morgan fingerprint density at radius 2 is 1.71 bits per heavy atom. The lowest BCUT2D eigenvalue weighted by atomic mass is 10.3. The topological polar surface area (TPSA) is 90.0 Å². The van der Waals surface area contributed by atoms with Gasteiger partial charge in [-0.15, -0.1) is 0 Å². The van der Waals surface area contributed by atoms with E-state index in [0.29, 0.717) is 6.54 Å². The molecule has 1 heterocycles. The maximum absolute atomic E-state index is 13.0. The minimum Gasteiger partial charge on any atom is -0.355 e. The lowest BCUT2D eigenvalue weighted by Gasteiger charge is -2.34. The van der Waals surface area contributed by atoms with Gasteiger partial charge in [-0.2, -0.15) is 4.31 Å². The van der Waals surface area contributed by atoms with E-state index in [9.17, 15) is 22.4 Å². The summed E-state index contributed by atoms with van der Waals surface area (Å²) in [6, 6.07) is 4.69. The van der Waals surface area contributed by atoms with Gasteiger partial charge in [0.25, 0.3) is 0 Å². The highest BCUT2D eigenvalue weighted by atomic mass is 32.2. The zero-order valence-corrected chi connectivity index (χ0v) is 17.0. The van der Waals surface area contributed by atoms with Crippen molar-refractivity contribution >= 4 is 21.8 Å². The van der Waals surface area contributed by atoms with E-state index in [-0.39, 0.29) is 56.0 Å². The third kappa shape index (κ3) is 5.98. The van der Waals surface area contributed by atoms with Gasteiger partial charge in [0.1, 0.15) is 5.82 Å². The average molecular weight is 415 g/mol. The molecular formula is C18H27FN4O4S. The number of hydrogen-bond acceptors (Lipinski definition) is 5. The number of carbonyl (C=O) groups is 2. The maximum atomic E-state index is 13.0. The normalized spacial score (nSPS) is 15.6. The first kappa shape index (κ1) is 22.3. The molecular weight excluding hydrogens is 387 g/mol. The van der Waals surface area contributed by atoms with Crippen LogP contribution >= 0.6 is 0 Å². The molecule has 1 fully saturated rings. The fraction of sp³-hybridized carbons (Fsp3) is 0.556. The van der Waals surface area contributed by atoms with Gasteiger partial charge in [-0.1, -0.05) is 6.92 Å². The highest BCUT2D eigenvalue weighted by Gasteiger charge is 2.30. The molecule has 2 amide bonds. The summed E-state index contributed by atoms with van der Waals surface area (Å²) in [6.45, 7) is 3.67. The Balaban J connectivity index is 1.84. The molecule has 1 saturated heterocycles. The summed E-state index contributed by atoms with van der Waals surface area (Å²) in [5.41, 5.74) is 0. The number of likely N-dealkylation sites (N-methyl/N-ethyl adjacent to an activating group) is 1. The predicted molar refractivity (Wildman–Crippen MR) is 103 cm³/mol. The zero-order chi connectivity index (χ0) is 20.7. The van der Waals surface area contributed by atoms with E-state index < -0.39 is 15.8 Å². The molecule has 2 rings (SSSR count). The third-order valence-corrected chi connectivity index (χ3v) is 6.35. The van der Waals surface area contributed by atoms with Crippen LogP contribution in [0.5, 0.6) is 0 Å². The molecule has 0 atom stereocenters. The lowest BCUT2D eigenvalue weighted by molar-refractivity contribution is -0.133. The van der Waals surface area contributed by atoms with Gasteiger partial charge >= 0.3 is 0 Å². The van der Waals surface area contributed by atoms with Crippen molar-refractivity contribution in [2.24, 2.45) is 0 Å². The number of nitrogens with zero attached hydrogens (tertiary/aromatic N) is 3. The first-order chi connectivity index (χ1) is 13.2. The van der Waals surface area contributed by atoms with Crippen LogP contribution in [0.4, 0.5) is 4.39 Å². The number of amides is 2. The molecule has 0 bridgehead atoms. The van der Waals surface area contributed by atoms with Crippen LogP contribution in [0.3, 0.4) is 0 Å². The quantitative estimate of drug-likeness (QED) is 0.653. The Labute approximate surface area is 165 Å². The summed E-state index contributed by atoms with van der Waals surface area (Å²) in [6.07, 6.45) is 0.847. The largest absolute Gasteiger partial charge is 0.355 e. The second-order valence-electron chi connectivity index (χ2n) is 6.76. The van der Waals surface area contributed by atoms with Crippen LogP contribution in [-0.2, 0) is 19.6 Å². The second-order valence-corrected chi connectivity index (χ2v) is 8.70. The molecule has 0 unspecified atom stereocenters. The van der Waals surface area contributed by atoms with E-state index >= 15 is 0 Å². The molecule has 0 spiro atoms. The van der Waals surface area contributed by atoms with Crippen molar-refractivity contribution in [1.82, 2.24) is 19.4 Å². The Morgan fingerprint density at radius 1 is 1.11 bits per heavy atom. The highest BCUT2D eigenvalue weighted by molar-refractivity contribution is 7.89. The minimum absolute atomic E-state index is 0.0338. The van der Waals surface area contributed by atoms with Crippen LogP contribution in [0.15, 0.2) is 29.2 Å². The van der Waals surface area contributed by atoms with E-state index in [1.54, 1.807) is 16.8 Å². The van der Waals surface area contributed by atoms with Gasteiger partial charge in [-0.05, 0) is 37.7 Å². The van der Waals surface area contributed by atoms with Crippen molar-refractivity contribution in [3.05, 3.63) is 30.1 Å². The fourth-order valence-corrected chi connectivity index (χ4v) is 4.31. The third-order valence-electron chi connectivity index (χ3n) is 4.43. The van der Waals surface area contributed by atoms with E-state index in [1.807, 2.05) is 6.92 Å². The number of halogens is 1. The summed E-state index contributed by atoms with van der Waals surface area (Å²) in [7, 11) is -2.02. The van der Waals surface area contributed by atoms with Crippen molar-refractivity contribution in [3.8, 4) is 0 Å². The number of hydrogen-bond donors (Lipinski definition) is 1. The summed E-state index contributed by atoms with van der Waals surface area (Å²) < 4.78 is 39.5. The molecule has 0 radical (unpaired) electrons. The molecule has 10 heteroatoms. The van der Waals surface area contributed by atoms with Gasteiger partial charge in [0, 0.05) is 32.7 Å². The van der Waals surface area contributed by atoms with Crippen molar-refractivity contribution in [3.63, 3.8) is 0 Å². The van der Waals surface area contributed by atoms with Crippen LogP contribution in [0, 0.1) is 5.82 Å². The molecule has 1 aliphatic heterocycles. The zero-order valence-electron chi connectivity index (χ0n) is 16.2. The Bertz CT molecular complexity index is 777. The Kier molecular flexibility index (Phi) is 7.90. The number of piperazine rings is 1. The number of rotatable bonds is 8. The summed E-state index contributed by atoms with van der Waals surface area (Å²) in [5.74, 6) is -0.779. The van der Waals surface area contributed by atoms with E-state index in [1.165, 1.54) is 16.4 Å². The average Bonchev–Trinajstić information content (AvgIpc) is 2.66. The first-order valence-electron chi connectivity index (χ1n) is 9.22. The number of benzene rings is 1. The lowest BCUT2D eigenvalue weighted by Crippen LogP contribution is -2.52. The van der Waals surface area contributed by atoms with Gasteiger partial charge in [-0.3, -0.25) is 14.5 Å². The minimum atomic E-state index is -3.71. The number of carbonyl (C=O) groups excluding carboxylic acids is 2. The van der Waals surface area contributed by atoms with Crippen molar-refractivity contribution in [1.29, 1.82) is 0 Å². The van der Waals surface area contributed by atoms with Crippen LogP contribution in [-0.4, -0.2) is 87.2 Å². The summed E-state index contributed by atoms with van der Waals surface area (Å²) >= 11 is 0. The standard InChI is InChI=1S/C18H27FN4O4S/c1-3-8-20-17(24)13-21(2)14-18(25)22-9-11-23(12-10-22)28(26,27)16-6-4-15(19)5-7-16/h4-7H,3,8-14H2,1-2H3,(H,20,24). The second kappa shape index (κ2) is 9.94. The smallest absolute Gasteiger partial charge is 0.243 e. The number of sulfonamides is 1. The molecule has 1 aliphatic rings. The van der Waals surface area contributed by atoms with Crippen LogP contribution in [0.25, 0.3) is 0 Å². The molecule has 1 N–H and O–H groups in total. The monoisotopic (exact) mass is 414 g/mol. The van der Waals surface area contributed by atoms with Gasteiger partial charge in [-0.25, -0.2) is 12.8 Å². The fourth-order valence-electron chi connectivity index (χ4n) is 2.89. The van der Waals surface area contributed by atoms with Gasteiger partial charge in [0.05, 0.1) is 18.0 Å². The molecule has 0 aliphatic carbocycles. The highest BCUT2D eigenvalue weighted by Crippen LogP contribution is 2.18. The molecule has 156 valence electrons. The molecule has 8 nitrogen and oxygen atoms in total. The van der Waals surface area contributed by atoms with Gasteiger partial charge in [0.15, 0.2) is 0 Å². The van der Waals surface area contributed by atoms with Crippen molar-refractivity contribution in [2.75, 3.05) is 52.9 Å². The first-order valence-corrected chi connectivity index (χ1v) is 10.7. The van der Waals surface area contributed by atoms with Crippen LogP contribution in [0.1, 0.15) is 13.3 Å². The molecule has 28 heavy (non-hydrogen) atoms. The molecule has 0 saturated carbocycles. The van der Waals surface area contributed by atoms with E-state index in [0.717, 1.165) is 18.6 Å². The van der Waals surface area contributed by atoms with Crippen molar-refractivity contribution in [2.45, 2.75) is 18.2 Å². The van der Waals surface area contributed by atoms with Gasteiger partial charge < -0.3 is 10.2 Å². The maximum Gasteiger partial charge on any atom is 0.243 e. The predicted octanol–water partition coefficient (Wildman–Crippen LogP) is 0.117. The van der Waals surface area contributed by atoms with Gasteiger partial charge in [0.2, 0.25) is 21.8 Å². The SMILES string of the molecule is CCCNC(=O)CN(C)CC(=O)N1CCN(S(=O)(=O)c2ccc(F)cc2)CC1. The van der Waals surface area contributed by atoms with Crippen LogP contribution in [0.2, 0.25) is 0 Å².